The third kappa shape index (κ3) is 3.53. The van der Waals surface area contributed by atoms with E-state index in [0.29, 0.717) is 19.0 Å². The Balaban J connectivity index is 1.45. The van der Waals surface area contributed by atoms with Gasteiger partial charge >= 0.3 is 6.03 Å². The number of nitrogens with one attached hydrogen (secondary N) is 1. The zero-order chi connectivity index (χ0) is 21.8. The molecule has 0 saturated carbocycles. The van der Waals surface area contributed by atoms with Crippen LogP contribution >= 0.6 is 0 Å². The van der Waals surface area contributed by atoms with E-state index in [0.717, 1.165) is 50.6 Å². The molecule has 0 radical (unpaired) electrons. The molecular formula is C22H29N5O3S. The summed E-state index contributed by atoms with van der Waals surface area (Å²) in [6.07, 6.45) is 8.46. The molecule has 1 aromatic heterocycles. The van der Waals surface area contributed by atoms with Crippen molar-refractivity contribution in [3.8, 4) is 5.88 Å². The lowest BCUT2D eigenvalue weighted by atomic mass is 9.88. The number of anilines is 1. The molecule has 8 nitrogen and oxygen atoms in total. The Morgan fingerprint density at radius 2 is 1.97 bits per heavy atom. The summed E-state index contributed by atoms with van der Waals surface area (Å²) in [5.74, 6) is 0.344. The molecule has 9 heteroatoms. The topological polar surface area (TPSA) is 112 Å². The second-order valence-electron chi connectivity index (χ2n) is 9.25. The van der Waals surface area contributed by atoms with E-state index in [1.54, 1.807) is 4.68 Å². The smallest absolute Gasteiger partial charge is 0.354 e. The number of ether oxygens (including phenoxy) is 1. The van der Waals surface area contributed by atoms with E-state index in [4.69, 9.17) is 9.88 Å². The van der Waals surface area contributed by atoms with Crippen LogP contribution in [0.4, 0.5) is 10.5 Å². The van der Waals surface area contributed by atoms with E-state index in [-0.39, 0.29) is 10.3 Å². The maximum Gasteiger partial charge on any atom is 0.354 e. The van der Waals surface area contributed by atoms with Crippen molar-refractivity contribution < 1.29 is 13.7 Å². The Morgan fingerprint density at radius 1 is 1.29 bits per heavy atom. The number of nitrogens with zero attached hydrogens (tertiary/aromatic N) is 3. The SMILES string of the molecule is CC[C@@]1(C)COc2c([S@](N)(=O)=NC(=O)Nc3c4c(cc5c3CCC5)CCC4)cnn2C1. The van der Waals surface area contributed by atoms with E-state index in [2.05, 4.69) is 34.7 Å². The summed E-state index contributed by atoms with van der Waals surface area (Å²) in [5, 5.41) is 13.3. The summed E-state index contributed by atoms with van der Waals surface area (Å²) in [6, 6.07) is 1.61. The quantitative estimate of drug-likeness (QED) is 0.755. The van der Waals surface area contributed by atoms with Crippen molar-refractivity contribution >= 4 is 21.6 Å². The fraction of sp³-hybridized carbons (Fsp3) is 0.545. The molecule has 166 valence electrons. The molecule has 3 N–H and O–H groups in total. The number of hydrogen-bond acceptors (Lipinski definition) is 4. The van der Waals surface area contributed by atoms with Crippen LogP contribution in [0.15, 0.2) is 21.5 Å². The molecule has 2 atom stereocenters. The molecule has 3 aliphatic rings. The number of fused-ring (bicyclic) bond motifs is 3. The highest BCUT2D eigenvalue weighted by atomic mass is 32.2. The maximum atomic E-state index is 13.2. The molecule has 2 aliphatic carbocycles. The van der Waals surface area contributed by atoms with Gasteiger partial charge in [-0.15, -0.1) is 4.36 Å². The van der Waals surface area contributed by atoms with E-state index >= 15 is 0 Å². The first-order valence-corrected chi connectivity index (χ1v) is 12.6. The van der Waals surface area contributed by atoms with Crippen LogP contribution in [-0.2, 0) is 42.1 Å². The normalized spacial score (nSPS) is 23.3. The lowest BCUT2D eigenvalue weighted by molar-refractivity contribution is 0.0783. The highest BCUT2D eigenvalue weighted by molar-refractivity contribution is 7.91. The van der Waals surface area contributed by atoms with Crippen molar-refractivity contribution in [2.24, 2.45) is 14.9 Å². The van der Waals surface area contributed by atoms with Gasteiger partial charge in [-0.05, 0) is 67.2 Å². The van der Waals surface area contributed by atoms with Crippen molar-refractivity contribution in [2.45, 2.75) is 70.2 Å². The Morgan fingerprint density at radius 3 is 2.61 bits per heavy atom. The molecular weight excluding hydrogens is 414 g/mol. The predicted molar refractivity (Wildman–Crippen MR) is 119 cm³/mol. The average Bonchev–Trinajstić information content (AvgIpc) is 3.46. The van der Waals surface area contributed by atoms with E-state index in [1.807, 2.05) is 0 Å². The molecule has 5 rings (SSSR count). The van der Waals surface area contributed by atoms with Gasteiger partial charge in [-0.2, -0.15) is 5.10 Å². The zero-order valence-electron chi connectivity index (χ0n) is 18.1. The summed E-state index contributed by atoms with van der Waals surface area (Å²) in [4.78, 5) is 13.0. The summed E-state index contributed by atoms with van der Waals surface area (Å²) in [7, 11) is -3.50. The summed E-state index contributed by atoms with van der Waals surface area (Å²) in [6.45, 7) is 5.34. The highest BCUT2D eigenvalue weighted by Gasteiger charge is 2.34. The third-order valence-electron chi connectivity index (χ3n) is 6.94. The number of benzene rings is 1. The number of aromatic nitrogens is 2. The number of rotatable bonds is 3. The monoisotopic (exact) mass is 443 g/mol. The third-order valence-corrected chi connectivity index (χ3v) is 8.29. The standard InChI is InChI=1S/C22H29N5O3S/c1-3-22(2)12-27-20(30-13-22)18(11-24-27)31(23,29)26-21(28)25-19-16-8-4-6-14(16)10-15-7-5-9-17(15)19/h10-11H,3-9,12-13H2,1-2H3,(H3,23,25,26,28,29)/t22-,31-/m1/s1. The lowest BCUT2D eigenvalue weighted by Gasteiger charge is -2.33. The Bertz CT molecular complexity index is 1160. The van der Waals surface area contributed by atoms with Gasteiger partial charge in [-0.1, -0.05) is 19.9 Å². The molecule has 2 heterocycles. The molecule has 0 fully saturated rings. The number of nitrogens with two attached hydrogens (primary N) is 1. The van der Waals surface area contributed by atoms with Crippen LogP contribution < -0.4 is 15.2 Å². The largest absolute Gasteiger partial charge is 0.476 e. The minimum Gasteiger partial charge on any atom is -0.476 e. The van der Waals surface area contributed by atoms with Gasteiger partial charge in [-0.3, -0.25) is 0 Å². The molecule has 2 amide bonds. The van der Waals surface area contributed by atoms with Gasteiger partial charge in [0.15, 0.2) is 9.92 Å². The number of carbonyl (C=O) groups excluding carboxylic acids is 1. The van der Waals surface area contributed by atoms with Crippen molar-refractivity contribution in [2.75, 3.05) is 11.9 Å². The van der Waals surface area contributed by atoms with Crippen LogP contribution in [0.1, 0.15) is 55.4 Å². The van der Waals surface area contributed by atoms with Crippen molar-refractivity contribution in [3.05, 3.63) is 34.5 Å². The van der Waals surface area contributed by atoms with Crippen molar-refractivity contribution in [3.63, 3.8) is 0 Å². The van der Waals surface area contributed by atoms with Crippen LogP contribution in [0, 0.1) is 5.41 Å². The van der Waals surface area contributed by atoms with E-state index < -0.39 is 15.9 Å². The van der Waals surface area contributed by atoms with Gasteiger partial charge < -0.3 is 10.1 Å². The minimum absolute atomic E-state index is 0.0473. The summed E-state index contributed by atoms with van der Waals surface area (Å²) < 4.78 is 24.6. The van der Waals surface area contributed by atoms with Crippen molar-refractivity contribution in [1.82, 2.24) is 9.78 Å². The number of amides is 2. The summed E-state index contributed by atoms with van der Waals surface area (Å²) >= 11 is 0. The van der Waals surface area contributed by atoms with E-state index in [1.165, 1.54) is 28.5 Å². The van der Waals surface area contributed by atoms with Crippen LogP contribution in [0.25, 0.3) is 0 Å². The van der Waals surface area contributed by atoms with Gasteiger partial charge in [0.05, 0.1) is 19.3 Å². The summed E-state index contributed by atoms with van der Waals surface area (Å²) in [5.41, 5.74) is 5.81. The van der Waals surface area contributed by atoms with Gasteiger partial charge in [0.2, 0.25) is 5.88 Å². The number of hydrogen-bond donors (Lipinski definition) is 2. The van der Waals surface area contributed by atoms with Crippen LogP contribution in [0.3, 0.4) is 0 Å². The fourth-order valence-corrected chi connectivity index (χ4v) is 5.95. The highest BCUT2D eigenvalue weighted by Crippen LogP contribution is 2.39. The van der Waals surface area contributed by atoms with Gasteiger partial charge in [-0.25, -0.2) is 18.8 Å². The molecule has 1 aromatic carbocycles. The lowest BCUT2D eigenvalue weighted by Crippen LogP contribution is -2.35. The number of carbonyl (C=O) groups is 1. The fourth-order valence-electron chi connectivity index (χ4n) is 4.95. The number of aryl methyl sites for hydroxylation is 2. The van der Waals surface area contributed by atoms with Crippen LogP contribution in [0.5, 0.6) is 5.88 Å². The second kappa shape index (κ2) is 7.34. The molecule has 0 spiro atoms. The maximum absolute atomic E-state index is 13.2. The van der Waals surface area contributed by atoms with E-state index in [9.17, 15) is 9.00 Å². The molecule has 0 saturated heterocycles. The minimum atomic E-state index is -3.50. The molecule has 2 aromatic rings. The van der Waals surface area contributed by atoms with Gasteiger partial charge in [0, 0.05) is 11.1 Å². The molecule has 1 aliphatic heterocycles. The zero-order valence-corrected chi connectivity index (χ0v) is 18.9. The first kappa shape index (κ1) is 20.5. The Hall–Kier alpha value is -2.39. The van der Waals surface area contributed by atoms with Crippen LogP contribution in [-0.4, -0.2) is 26.6 Å². The molecule has 0 unspecified atom stereocenters. The van der Waals surface area contributed by atoms with Crippen molar-refractivity contribution in [1.29, 1.82) is 0 Å². The van der Waals surface area contributed by atoms with Gasteiger partial charge in [0.25, 0.3) is 0 Å². The number of urea groups is 1. The molecule has 31 heavy (non-hydrogen) atoms. The second-order valence-corrected chi connectivity index (χ2v) is 11.0. The van der Waals surface area contributed by atoms with Gasteiger partial charge in [0.1, 0.15) is 4.90 Å². The Labute approximate surface area is 182 Å². The molecule has 0 bridgehead atoms. The predicted octanol–water partition coefficient (Wildman–Crippen LogP) is 3.60. The first-order valence-electron chi connectivity index (χ1n) is 11.0. The van der Waals surface area contributed by atoms with Crippen LogP contribution in [0.2, 0.25) is 0 Å². The average molecular weight is 444 g/mol. The first-order chi connectivity index (χ1) is 14.8. The Kier molecular flexibility index (Phi) is 4.86.